The standard InChI is InChI=1S/C16H14N6O/c1-21-10-11(8-19-21)14-9-18-16-15(17-6-7-22(14)16)20-12-2-4-13(23)5-3-12/h2-10,23H,1H3,(H,17,20). The van der Waals surface area contributed by atoms with Crippen LogP contribution in [0.15, 0.2) is 55.2 Å². The number of fused-ring (bicyclic) bond motifs is 1. The Labute approximate surface area is 131 Å². The van der Waals surface area contributed by atoms with Crippen molar-refractivity contribution in [2.24, 2.45) is 7.05 Å². The fourth-order valence-corrected chi connectivity index (χ4v) is 2.46. The number of aromatic hydroxyl groups is 1. The second-order valence-corrected chi connectivity index (χ2v) is 5.19. The highest BCUT2D eigenvalue weighted by molar-refractivity contribution is 5.73. The summed E-state index contributed by atoms with van der Waals surface area (Å²) >= 11 is 0. The van der Waals surface area contributed by atoms with E-state index in [9.17, 15) is 5.11 Å². The minimum Gasteiger partial charge on any atom is -0.508 e. The smallest absolute Gasteiger partial charge is 0.180 e. The van der Waals surface area contributed by atoms with Gasteiger partial charge in [-0.05, 0) is 24.3 Å². The third kappa shape index (κ3) is 2.38. The summed E-state index contributed by atoms with van der Waals surface area (Å²) in [6.45, 7) is 0. The van der Waals surface area contributed by atoms with E-state index in [0.29, 0.717) is 5.82 Å². The van der Waals surface area contributed by atoms with Crippen molar-refractivity contribution in [2.45, 2.75) is 0 Å². The monoisotopic (exact) mass is 306 g/mol. The summed E-state index contributed by atoms with van der Waals surface area (Å²) < 4.78 is 3.72. The minimum absolute atomic E-state index is 0.224. The van der Waals surface area contributed by atoms with Crippen molar-refractivity contribution < 1.29 is 5.11 Å². The molecule has 0 radical (unpaired) electrons. The van der Waals surface area contributed by atoms with Gasteiger partial charge in [-0.1, -0.05) is 0 Å². The Bertz CT molecular complexity index is 970. The predicted octanol–water partition coefficient (Wildman–Crippen LogP) is 2.58. The molecule has 0 bridgehead atoms. The first-order valence-electron chi connectivity index (χ1n) is 7.08. The van der Waals surface area contributed by atoms with Crippen molar-refractivity contribution in [3.8, 4) is 17.0 Å². The van der Waals surface area contributed by atoms with Crippen molar-refractivity contribution >= 4 is 17.2 Å². The van der Waals surface area contributed by atoms with Gasteiger partial charge in [-0.2, -0.15) is 5.10 Å². The van der Waals surface area contributed by atoms with Crippen LogP contribution in [0.25, 0.3) is 16.9 Å². The molecule has 7 heteroatoms. The molecular weight excluding hydrogens is 292 g/mol. The van der Waals surface area contributed by atoms with Crippen LogP contribution in [0.3, 0.4) is 0 Å². The molecule has 0 unspecified atom stereocenters. The van der Waals surface area contributed by atoms with Gasteiger partial charge >= 0.3 is 0 Å². The molecule has 0 aliphatic rings. The number of phenolic OH excluding ortho intramolecular Hbond substituents is 1. The Morgan fingerprint density at radius 2 is 1.91 bits per heavy atom. The number of nitrogens with one attached hydrogen (secondary N) is 1. The maximum Gasteiger partial charge on any atom is 0.180 e. The van der Waals surface area contributed by atoms with Gasteiger partial charge in [-0.25, -0.2) is 9.97 Å². The molecule has 23 heavy (non-hydrogen) atoms. The zero-order valence-corrected chi connectivity index (χ0v) is 12.4. The summed E-state index contributed by atoms with van der Waals surface area (Å²) in [6, 6.07) is 6.81. The Balaban J connectivity index is 1.77. The summed E-state index contributed by atoms with van der Waals surface area (Å²) in [5.41, 5.74) is 3.49. The minimum atomic E-state index is 0.224. The Hall–Kier alpha value is -3.35. The zero-order chi connectivity index (χ0) is 15.8. The summed E-state index contributed by atoms with van der Waals surface area (Å²) in [4.78, 5) is 8.83. The molecule has 0 aliphatic carbocycles. The Morgan fingerprint density at radius 3 is 2.65 bits per heavy atom. The topological polar surface area (TPSA) is 80.3 Å². The molecule has 1 aromatic carbocycles. The zero-order valence-electron chi connectivity index (χ0n) is 12.4. The maximum atomic E-state index is 9.36. The van der Waals surface area contributed by atoms with Crippen LogP contribution in [0.5, 0.6) is 5.75 Å². The quantitative estimate of drug-likeness (QED) is 0.569. The average Bonchev–Trinajstić information content (AvgIpc) is 3.16. The van der Waals surface area contributed by atoms with Crippen LogP contribution >= 0.6 is 0 Å². The van der Waals surface area contributed by atoms with Gasteiger partial charge in [0.15, 0.2) is 11.5 Å². The third-order valence-corrected chi connectivity index (χ3v) is 3.56. The lowest BCUT2D eigenvalue weighted by Gasteiger charge is -2.07. The molecule has 0 aliphatic heterocycles. The third-order valence-electron chi connectivity index (χ3n) is 3.56. The first-order valence-corrected chi connectivity index (χ1v) is 7.08. The second kappa shape index (κ2) is 5.13. The number of hydrogen-bond acceptors (Lipinski definition) is 5. The molecule has 0 amide bonds. The van der Waals surface area contributed by atoms with E-state index in [2.05, 4.69) is 20.4 Å². The molecule has 0 atom stereocenters. The highest BCUT2D eigenvalue weighted by Gasteiger charge is 2.11. The second-order valence-electron chi connectivity index (χ2n) is 5.19. The highest BCUT2D eigenvalue weighted by atomic mass is 16.3. The highest BCUT2D eigenvalue weighted by Crippen LogP contribution is 2.25. The van der Waals surface area contributed by atoms with E-state index in [1.807, 2.05) is 23.8 Å². The lowest BCUT2D eigenvalue weighted by Crippen LogP contribution is -1.98. The summed E-state index contributed by atoms with van der Waals surface area (Å²) in [5.74, 6) is 0.870. The number of rotatable bonds is 3. The molecule has 3 heterocycles. The maximum absolute atomic E-state index is 9.36. The average molecular weight is 306 g/mol. The number of phenols is 1. The van der Waals surface area contributed by atoms with Crippen molar-refractivity contribution in [2.75, 3.05) is 5.32 Å². The first kappa shape index (κ1) is 13.3. The van der Waals surface area contributed by atoms with E-state index in [0.717, 1.165) is 22.6 Å². The number of anilines is 2. The fraction of sp³-hybridized carbons (Fsp3) is 0.0625. The van der Waals surface area contributed by atoms with Crippen molar-refractivity contribution in [1.82, 2.24) is 24.1 Å². The van der Waals surface area contributed by atoms with Crippen molar-refractivity contribution in [3.63, 3.8) is 0 Å². The van der Waals surface area contributed by atoms with E-state index in [1.54, 1.807) is 47.5 Å². The van der Waals surface area contributed by atoms with Gasteiger partial charge in [0.05, 0.1) is 18.1 Å². The molecule has 2 N–H and O–H groups in total. The summed E-state index contributed by atoms with van der Waals surface area (Å²) in [6.07, 6.45) is 9.13. The first-order chi connectivity index (χ1) is 11.2. The van der Waals surface area contributed by atoms with Crippen LogP contribution < -0.4 is 5.32 Å². The number of benzene rings is 1. The normalized spacial score (nSPS) is 11.0. The SMILES string of the molecule is Cn1cc(-c2cnc3c(Nc4ccc(O)cc4)nccn23)cn1. The van der Waals surface area contributed by atoms with Crippen LogP contribution in [0.1, 0.15) is 0 Å². The van der Waals surface area contributed by atoms with Crippen molar-refractivity contribution in [1.29, 1.82) is 0 Å². The number of imidazole rings is 1. The van der Waals surface area contributed by atoms with Gasteiger partial charge in [-0.3, -0.25) is 9.08 Å². The van der Waals surface area contributed by atoms with Crippen LogP contribution in [-0.4, -0.2) is 29.3 Å². The molecule has 3 aromatic heterocycles. The largest absolute Gasteiger partial charge is 0.508 e. The molecule has 7 nitrogen and oxygen atoms in total. The van der Waals surface area contributed by atoms with Gasteiger partial charge in [-0.15, -0.1) is 0 Å². The van der Waals surface area contributed by atoms with Crippen LogP contribution in [0.4, 0.5) is 11.5 Å². The fourth-order valence-electron chi connectivity index (χ4n) is 2.46. The van der Waals surface area contributed by atoms with Gasteiger partial charge < -0.3 is 10.4 Å². The molecule has 0 fully saturated rings. The Morgan fingerprint density at radius 1 is 1.09 bits per heavy atom. The lowest BCUT2D eigenvalue weighted by atomic mass is 10.3. The summed E-state index contributed by atoms with van der Waals surface area (Å²) in [7, 11) is 1.88. The number of nitrogens with zero attached hydrogens (tertiary/aromatic N) is 5. The van der Waals surface area contributed by atoms with Crippen LogP contribution in [0, 0.1) is 0 Å². The molecule has 0 saturated heterocycles. The lowest BCUT2D eigenvalue weighted by molar-refractivity contribution is 0.475. The molecular formula is C16H14N6O. The van der Waals surface area contributed by atoms with Gasteiger partial charge in [0.1, 0.15) is 5.75 Å². The van der Waals surface area contributed by atoms with E-state index in [-0.39, 0.29) is 5.75 Å². The van der Waals surface area contributed by atoms with Crippen LogP contribution in [-0.2, 0) is 7.05 Å². The van der Waals surface area contributed by atoms with Gasteiger partial charge in [0.25, 0.3) is 0 Å². The van der Waals surface area contributed by atoms with Crippen molar-refractivity contribution in [3.05, 3.63) is 55.2 Å². The van der Waals surface area contributed by atoms with Crippen LogP contribution in [0.2, 0.25) is 0 Å². The number of hydrogen-bond donors (Lipinski definition) is 2. The summed E-state index contributed by atoms with van der Waals surface area (Å²) in [5, 5.41) is 16.8. The number of aromatic nitrogens is 5. The number of aryl methyl sites for hydroxylation is 1. The van der Waals surface area contributed by atoms with E-state index in [4.69, 9.17) is 0 Å². The Kier molecular flexibility index (Phi) is 2.97. The molecule has 114 valence electrons. The van der Waals surface area contributed by atoms with E-state index >= 15 is 0 Å². The molecule has 4 rings (SSSR count). The predicted molar refractivity (Wildman–Crippen MR) is 86.6 cm³/mol. The molecule has 0 saturated carbocycles. The molecule has 4 aromatic rings. The van der Waals surface area contributed by atoms with Gasteiger partial charge in [0.2, 0.25) is 0 Å². The molecule has 0 spiro atoms. The van der Waals surface area contributed by atoms with Gasteiger partial charge in [0, 0.05) is 36.9 Å². The van der Waals surface area contributed by atoms with E-state index in [1.165, 1.54) is 0 Å². The van der Waals surface area contributed by atoms with E-state index < -0.39 is 0 Å².